The van der Waals surface area contributed by atoms with Crippen LogP contribution in [0.5, 0.6) is 0 Å². The van der Waals surface area contributed by atoms with E-state index in [2.05, 4.69) is 0 Å². The average molecular weight is 243 g/mol. The summed E-state index contributed by atoms with van der Waals surface area (Å²) < 4.78 is 20.0. The molecule has 17 heavy (non-hydrogen) atoms. The Morgan fingerprint density at radius 2 is 2.29 bits per heavy atom. The molecule has 0 amide bonds. The largest absolute Gasteiger partial charge is 0.399 e. The Kier molecular flexibility index (Phi) is 3.14. The van der Waals surface area contributed by atoms with E-state index in [0.29, 0.717) is 0 Å². The Morgan fingerprint density at radius 3 is 2.82 bits per heavy atom. The number of halogens is 1. The van der Waals surface area contributed by atoms with Gasteiger partial charge >= 0.3 is 0 Å². The summed E-state index contributed by atoms with van der Waals surface area (Å²) in [5, 5.41) is 9.51. The number of aliphatic hydroxyl groups is 1. The van der Waals surface area contributed by atoms with Gasteiger partial charge in [0, 0.05) is 24.5 Å². The van der Waals surface area contributed by atoms with Gasteiger partial charge in [0.2, 0.25) is 0 Å². The summed E-state index contributed by atoms with van der Waals surface area (Å²) in [6.45, 7) is -0.0121. The number of aromatic nitrogens is 1. The molecule has 1 aliphatic rings. The minimum atomic E-state index is -1.69. The maximum atomic E-state index is 13.8. The van der Waals surface area contributed by atoms with E-state index in [4.69, 9.17) is 16.2 Å². The van der Waals surface area contributed by atoms with E-state index in [-0.39, 0.29) is 12.2 Å². The molecule has 1 aromatic rings. The number of anilines is 1. The van der Waals surface area contributed by atoms with Gasteiger partial charge in [0.05, 0.1) is 0 Å². The van der Waals surface area contributed by atoms with Crippen LogP contribution >= 0.6 is 0 Å². The van der Waals surface area contributed by atoms with Crippen molar-refractivity contribution in [1.29, 1.82) is 0 Å². The van der Waals surface area contributed by atoms with Gasteiger partial charge in [-0.25, -0.2) is 4.39 Å². The number of rotatable bonds is 2. The number of pyridine rings is 1. The molecular formula is C10H14FN3O3. The fraction of sp³-hybridized carbons (Fsp3) is 0.500. The van der Waals surface area contributed by atoms with Crippen molar-refractivity contribution in [1.82, 2.24) is 4.57 Å². The molecule has 0 aromatic carbocycles. The number of ether oxygens (including phenoxy) is 1. The molecule has 0 bridgehead atoms. The summed E-state index contributed by atoms with van der Waals surface area (Å²) in [5.41, 5.74) is 10.6. The average Bonchev–Trinajstić information content (AvgIpc) is 2.57. The first-order valence-electron chi connectivity index (χ1n) is 5.20. The Labute approximate surface area is 96.6 Å². The SMILES string of the molecule is NC[C@H]1O[C@@H](n2ccc(N)cc2=O)[C@H](F)[C@@H]1O. The number of nitrogens with zero attached hydrogens (tertiary/aromatic N) is 1. The zero-order valence-corrected chi connectivity index (χ0v) is 8.99. The quantitative estimate of drug-likeness (QED) is 0.617. The van der Waals surface area contributed by atoms with Crippen molar-refractivity contribution >= 4 is 5.69 Å². The predicted octanol–water partition coefficient (Wildman–Crippen LogP) is -1.01. The lowest BCUT2D eigenvalue weighted by atomic mass is 10.1. The molecule has 0 unspecified atom stereocenters. The fourth-order valence-electron chi connectivity index (χ4n) is 1.84. The molecule has 1 fully saturated rings. The molecule has 0 aliphatic carbocycles. The van der Waals surface area contributed by atoms with Gasteiger partial charge in [-0.1, -0.05) is 0 Å². The highest BCUT2D eigenvalue weighted by Crippen LogP contribution is 2.30. The van der Waals surface area contributed by atoms with E-state index < -0.39 is 30.2 Å². The second-order valence-electron chi connectivity index (χ2n) is 3.94. The van der Waals surface area contributed by atoms with Gasteiger partial charge < -0.3 is 21.3 Å². The van der Waals surface area contributed by atoms with Gasteiger partial charge in [0.25, 0.3) is 5.56 Å². The molecule has 6 nitrogen and oxygen atoms in total. The lowest BCUT2D eigenvalue weighted by molar-refractivity contribution is -0.0217. The monoisotopic (exact) mass is 243 g/mol. The number of nitrogen functional groups attached to an aromatic ring is 1. The molecule has 4 atom stereocenters. The van der Waals surface area contributed by atoms with Gasteiger partial charge in [0.1, 0.15) is 12.2 Å². The zero-order valence-electron chi connectivity index (χ0n) is 8.99. The predicted molar refractivity (Wildman–Crippen MR) is 59.0 cm³/mol. The standard InChI is InChI=1S/C10H14FN3O3/c11-8-9(16)6(4-12)17-10(8)14-2-1-5(13)3-7(14)15/h1-3,6,8-10,16H,4,12-13H2/t6-,8-,9-,10-/m1/s1. The summed E-state index contributed by atoms with van der Waals surface area (Å²) in [7, 11) is 0. The van der Waals surface area contributed by atoms with Gasteiger partial charge in [-0.2, -0.15) is 0 Å². The van der Waals surface area contributed by atoms with Crippen LogP contribution in [0.15, 0.2) is 23.1 Å². The van der Waals surface area contributed by atoms with Crippen LogP contribution in [-0.2, 0) is 4.74 Å². The lowest BCUT2D eigenvalue weighted by Crippen LogP contribution is -2.34. The Hall–Kier alpha value is -1.44. The van der Waals surface area contributed by atoms with Crippen molar-refractivity contribution in [2.75, 3.05) is 12.3 Å². The zero-order chi connectivity index (χ0) is 12.6. The molecule has 2 heterocycles. The molecule has 5 N–H and O–H groups in total. The van der Waals surface area contributed by atoms with E-state index in [1.165, 1.54) is 12.3 Å². The molecule has 1 saturated heterocycles. The van der Waals surface area contributed by atoms with Crippen molar-refractivity contribution < 1.29 is 14.2 Å². The summed E-state index contributed by atoms with van der Waals surface area (Å²) >= 11 is 0. The lowest BCUT2D eigenvalue weighted by Gasteiger charge is -2.16. The van der Waals surface area contributed by atoms with Gasteiger partial charge in [0.15, 0.2) is 12.4 Å². The summed E-state index contributed by atoms with van der Waals surface area (Å²) in [6.07, 6.45) is -3.65. The molecule has 7 heteroatoms. The maximum absolute atomic E-state index is 13.8. The molecule has 1 aromatic heterocycles. The fourth-order valence-corrected chi connectivity index (χ4v) is 1.84. The van der Waals surface area contributed by atoms with Crippen molar-refractivity contribution in [2.24, 2.45) is 5.73 Å². The third kappa shape index (κ3) is 2.04. The van der Waals surface area contributed by atoms with Crippen LogP contribution < -0.4 is 17.0 Å². The number of nitrogens with two attached hydrogens (primary N) is 2. The minimum Gasteiger partial charge on any atom is -0.399 e. The number of aliphatic hydroxyl groups excluding tert-OH is 1. The first kappa shape index (κ1) is 12.0. The molecule has 2 rings (SSSR count). The van der Waals surface area contributed by atoms with Gasteiger partial charge in [-0.05, 0) is 6.07 Å². The van der Waals surface area contributed by atoms with Crippen LogP contribution in [-0.4, -0.2) is 34.6 Å². The van der Waals surface area contributed by atoms with E-state index in [1.807, 2.05) is 0 Å². The number of hydrogen-bond donors (Lipinski definition) is 3. The topological polar surface area (TPSA) is 104 Å². The third-order valence-corrected chi connectivity index (χ3v) is 2.77. The van der Waals surface area contributed by atoms with E-state index in [1.54, 1.807) is 0 Å². The van der Waals surface area contributed by atoms with Crippen LogP contribution in [0.2, 0.25) is 0 Å². The summed E-state index contributed by atoms with van der Waals surface area (Å²) in [4.78, 5) is 11.6. The smallest absolute Gasteiger partial charge is 0.254 e. The molecule has 94 valence electrons. The minimum absolute atomic E-state index is 0.0121. The van der Waals surface area contributed by atoms with E-state index in [0.717, 1.165) is 10.6 Å². The normalized spacial score (nSPS) is 32.9. The van der Waals surface area contributed by atoms with Crippen LogP contribution in [0.1, 0.15) is 6.23 Å². The molecule has 0 spiro atoms. The molecule has 0 radical (unpaired) electrons. The number of alkyl halides is 1. The Balaban J connectivity index is 2.32. The third-order valence-electron chi connectivity index (χ3n) is 2.77. The van der Waals surface area contributed by atoms with Crippen LogP contribution in [0, 0.1) is 0 Å². The van der Waals surface area contributed by atoms with E-state index >= 15 is 0 Å². The number of hydrogen-bond acceptors (Lipinski definition) is 5. The van der Waals surface area contributed by atoms with Crippen molar-refractivity contribution in [2.45, 2.75) is 24.6 Å². The highest BCUT2D eigenvalue weighted by molar-refractivity contribution is 5.34. The first-order chi connectivity index (χ1) is 8.04. The Morgan fingerprint density at radius 1 is 1.59 bits per heavy atom. The summed E-state index contributed by atoms with van der Waals surface area (Å²) in [5.74, 6) is 0. The van der Waals surface area contributed by atoms with Crippen molar-refractivity contribution in [3.63, 3.8) is 0 Å². The molecule has 0 saturated carbocycles. The van der Waals surface area contributed by atoms with Crippen LogP contribution in [0.25, 0.3) is 0 Å². The van der Waals surface area contributed by atoms with Gasteiger partial charge in [-0.3, -0.25) is 9.36 Å². The first-order valence-corrected chi connectivity index (χ1v) is 5.20. The second kappa shape index (κ2) is 4.44. The highest BCUT2D eigenvalue weighted by atomic mass is 19.1. The molecular weight excluding hydrogens is 229 g/mol. The van der Waals surface area contributed by atoms with Crippen LogP contribution in [0.3, 0.4) is 0 Å². The molecule has 1 aliphatic heterocycles. The highest BCUT2D eigenvalue weighted by Gasteiger charge is 2.44. The van der Waals surface area contributed by atoms with Crippen molar-refractivity contribution in [3.05, 3.63) is 28.7 Å². The van der Waals surface area contributed by atoms with Crippen molar-refractivity contribution in [3.8, 4) is 0 Å². The van der Waals surface area contributed by atoms with E-state index in [9.17, 15) is 14.3 Å². The maximum Gasteiger partial charge on any atom is 0.254 e. The summed E-state index contributed by atoms with van der Waals surface area (Å²) in [6, 6.07) is 2.62. The second-order valence-corrected chi connectivity index (χ2v) is 3.94. The Bertz CT molecular complexity index is 464. The van der Waals surface area contributed by atoms with Crippen LogP contribution in [0.4, 0.5) is 10.1 Å². The van der Waals surface area contributed by atoms with Gasteiger partial charge in [-0.15, -0.1) is 0 Å².